The summed E-state index contributed by atoms with van der Waals surface area (Å²) < 4.78 is 63.5. The molecule has 0 fully saturated rings. The van der Waals surface area contributed by atoms with Crippen molar-refractivity contribution in [3.05, 3.63) is 58.7 Å². The average Bonchev–Trinajstić information content (AvgIpc) is 2.51. The van der Waals surface area contributed by atoms with Crippen molar-refractivity contribution in [1.29, 1.82) is 5.26 Å². The predicted octanol–water partition coefficient (Wildman–Crippen LogP) is 2.95. The SMILES string of the molecule is N#Cc1ccc2c(c1)S(=O)(=O)c1cc(C(F)(F)F)ccc1C2=O. The molecule has 0 aliphatic carbocycles. The lowest BCUT2D eigenvalue weighted by Crippen LogP contribution is -2.21. The van der Waals surface area contributed by atoms with Crippen LogP contribution < -0.4 is 0 Å². The molecule has 3 rings (SSSR count). The van der Waals surface area contributed by atoms with Crippen molar-refractivity contribution in [3.63, 3.8) is 0 Å². The number of hydrogen-bond donors (Lipinski definition) is 0. The molecule has 0 amide bonds. The van der Waals surface area contributed by atoms with Gasteiger partial charge in [0.1, 0.15) is 0 Å². The Morgan fingerprint density at radius 2 is 1.52 bits per heavy atom. The third-order valence-electron chi connectivity index (χ3n) is 3.49. The molecule has 0 saturated carbocycles. The summed E-state index contributed by atoms with van der Waals surface area (Å²) >= 11 is 0. The Hall–Kier alpha value is -2.66. The van der Waals surface area contributed by atoms with E-state index in [0.29, 0.717) is 12.1 Å². The summed E-state index contributed by atoms with van der Waals surface area (Å²) in [6, 6.07) is 7.17. The van der Waals surface area contributed by atoms with E-state index in [2.05, 4.69) is 0 Å². The number of nitriles is 1. The molecule has 0 atom stereocenters. The molecule has 2 aromatic carbocycles. The lowest BCUT2D eigenvalue weighted by Gasteiger charge is -2.20. The number of carbonyl (C=O) groups is 1. The molecular weight excluding hydrogens is 331 g/mol. The molecule has 1 aliphatic heterocycles. The van der Waals surface area contributed by atoms with E-state index in [4.69, 9.17) is 5.26 Å². The minimum absolute atomic E-state index is 0.00412. The van der Waals surface area contributed by atoms with Crippen LogP contribution in [0.2, 0.25) is 0 Å². The number of benzene rings is 2. The van der Waals surface area contributed by atoms with Crippen LogP contribution in [0.4, 0.5) is 13.2 Å². The zero-order chi connectivity index (χ0) is 17.0. The van der Waals surface area contributed by atoms with E-state index >= 15 is 0 Å². The maximum absolute atomic E-state index is 12.8. The Morgan fingerprint density at radius 3 is 2.09 bits per heavy atom. The molecule has 4 nitrogen and oxygen atoms in total. The van der Waals surface area contributed by atoms with Gasteiger partial charge in [0.15, 0.2) is 5.78 Å². The number of rotatable bonds is 0. The van der Waals surface area contributed by atoms with E-state index in [0.717, 1.165) is 12.1 Å². The lowest BCUT2D eigenvalue weighted by atomic mass is 10.00. The Balaban J connectivity index is 2.35. The first-order valence-corrected chi connectivity index (χ1v) is 7.70. The van der Waals surface area contributed by atoms with Crippen molar-refractivity contribution < 1.29 is 26.4 Å². The van der Waals surface area contributed by atoms with E-state index < -0.39 is 37.2 Å². The van der Waals surface area contributed by atoms with E-state index in [1.54, 1.807) is 6.07 Å². The summed E-state index contributed by atoms with van der Waals surface area (Å²) in [5, 5.41) is 8.84. The van der Waals surface area contributed by atoms with Gasteiger partial charge in [0.2, 0.25) is 9.84 Å². The van der Waals surface area contributed by atoms with Gasteiger partial charge in [-0.05, 0) is 36.4 Å². The Kier molecular flexibility index (Phi) is 3.09. The first kappa shape index (κ1) is 15.2. The van der Waals surface area contributed by atoms with Crippen LogP contribution >= 0.6 is 0 Å². The molecule has 116 valence electrons. The maximum Gasteiger partial charge on any atom is 0.416 e. The minimum Gasteiger partial charge on any atom is -0.289 e. The van der Waals surface area contributed by atoms with Gasteiger partial charge in [0, 0.05) is 11.1 Å². The van der Waals surface area contributed by atoms with Gasteiger partial charge >= 0.3 is 6.18 Å². The number of alkyl halides is 3. The number of ketones is 1. The quantitative estimate of drug-likeness (QED) is 0.632. The summed E-state index contributed by atoms with van der Waals surface area (Å²) in [6.45, 7) is 0. The molecule has 0 spiro atoms. The molecule has 0 unspecified atom stereocenters. The van der Waals surface area contributed by atoms with Crippen LogP contribution in [-0.2, 0) is 16.0 Å². The minimum atomic E-state index is -4.73. The fraction of sp³-hybridized carbons (Fsp3) is 0.0667. The number of fused-ring (bicyclic) bond motifs is 2. The van der Waals surface area contributed by atoms with Crippen molar-refractivity contribution in [1.82, 2.24) is 0 Å². The largest absolute Gasteiger partial charge is 0.416 e. The second-order valence-electron chi connectivity index (χ2n) is 4.86. The molecule has 0 bridgehead atoms. The maximum atomic E-state index is 12.8. The van der Waals surface area contributed by atoms with Crippen molar-refractivity contribution in [2.45, 2.75) is 16.0 Å². The van der Waals surface area contributed by atoms with Gasteiger partial charge < -0.3 is 0 Å². The normalized spacial score (nSPS) is 15.5. The van der Waals surface area contributed by atoms with E-state index in [1.165, 1.54) is 12.1 Å². The molecule has 0 radical (unpaired) electrons. The highest BCUT2D eigenvalue weighted by Crippen LogP contribution is 2.38. The van der Waals surface area contributed by atoms with Gasteiger partial charge in [0.05, 0.1) is 27.0 Å². The zero-order valence-corrected chi connectivity index (χ0v) is 12.0. The summed E-state index contributed by atoms with van der Waals surface area (Å²) in [6.07, 6.45) is -4.73. The first-order valence-electron chi connectivity index (χ1n) is 6.21. The van der Waals surface area contributed by atoms with Crippen LogP contribution in [0.25, 0.3) is 0 Å². The molecule has 0 N–H and O–H groups in total. The molecule has 1 aliphatic rings. The highest BCUT2D eigenvalue weighted by atomic mass is 32.2. The zero-order valence-electron chi connectivity index (χ0n) is 11.2. The number of nitrogens with zero attached hydrogens (tertiary/aromatic N) is 1. The Bertz CT molecular complexity index is 1000. The monoisotopic (exact) mass is 337 g/mol. The third kappa shape index (κ3) is 2.21. The fourth-order valence-electron chi connectivity index (χ4n) is 2.37. The van der Waals surface area contributed by atoms with Crippen LogP contribution in [0.1, 0.15) is 27.0 Å². The van der Waals surface area contributed by atoms with Crippen molar-refractivity contribution in [2.75, 3.05) is 0 Å². The third-order valence-corrected chi connectivity index (χ3v) is 5.32. The van der Waals surface area contributed by atoms with Crippen molar-refractivity contribution >= 4 is 15.6 Å². The van der Waals surface area contributed by atoms with Gasteiger partial charge in [0.25, 0.3) is 0 Å². The molecule has 2 aromatic rings. The number of hydrogen-bond acceptors (Lipinski definition) is 4. The lowest BCUT2D eigenvalue weighted by molar-refractivity contribution is -0.137. The highest BCUT2D eigenvalue weighted by Gasteiger charge is 2.38. The second kappa shape index (κ2) is 4.67. The summed E-state index contributed by atoms with van der Waals surface area (Å²) in [7, 11) is -4.32. The summed E-state index contributed by atoms with van der Waals surface area (Å²) in [5.41, 5.74) is -1.63. The van der Waals surface area contributed by atoms with E-state index in [9.17, 15) is 26.4 Å². The van der Waals surface area contributed by atoms with Gasteiger partial charge in [-0.15, -0.1) is 0 Å². The van der Waals surface area contributed by atoms with Gasteiger partial charge in [-0.2, -0.15) is 18.4 Å². The highest BCUT2D eigenvalue weighted by molar-refractivity contribution is 7.91. The van der Waals surface area contributed by atoms with Crippen molar-refractivity contribution in [3.8, 4) is 6.07 Å². The van der Waals surface area contributed by atoms with Crippen LogP contribution in [0.3, 0.4) is 0 Å². The molecule has 23 heavy (non-hydrogen) atoms. The average molecular weight is 337 g/mol. The molecule has 0 saturated heterocycles. The van der Waals surface area contributed by atoms with Crippen LogP contribution in [0.15, 0.2) is 46.2 Å². The van der Waals surface area contributed by atoms with E-state index in [1.807, 2.05) is 0 Å². The standard InChI is InChI=1S/C15H6F3NO3S/c16-15(17,18)9-2-4-11-13(6-9)23(21,22)12-5-8(7-19)1-3-10(12)14(11)20/h1-6H. The molecular formula is C15H6F3NO3S. The Labute approximate surface area is 128 Å². The summed E-state index contributed by atoms with van der Waals surface area (Å²) in [5.74, 6) is -0.692. The molecule has 1 heterocycles. The smallest absolute Gasteiger partial charge is 0.289 e. The summed E-state index contributed by atoms with van der Waals surface area (Å²) in [4.78, 5) is 11.2. The van der Waals surface area contributed by atoms with Crippen molar-refractivity contribution in [2.24, 2.45) is 0 Å². The number of sulfone groups is 1. The Morgan fingerprint density at radius 1 is 0.957 bits per heavy atom. The van der Waals surface area contributed by atoms with E-state index in [-0.39, 0.29) is 16.7 Å². The molecule has 8 heteroatoms. The fourth-order valence-corrected chi connectivity index (χ4v) is 4.08. The van der Waals surface area contributed by atoms with Crippen LogP contribution in [0, 0.1) is 11.3 Å². The molecule has 0 aromatic heterocycles. The van der Waals surface area contributed by atoms with Gasteiger partial charge in [-0.25, -0.2) is 8.42 Å². The number of halogens is 3. The number of carbonyl (C=O) groups excluding carboxylic acids is 1. The van der Waals surface area contributed by atoms with Gasteiger partial charge in [-0.1, -0.05) is 0 Å². The first-order chi connectivity index (χ1) is 10.7. The van der Waals surface area contributed by atoms with Crippen LogP contribution in [0.5, 0.6) is 0 Å². The predicted molar refractivity (Wildman–Crippen MR) is 71.5 cm³/mol. The van der Waals surface area contributed by atoms with Crippen LogP contribution in [-0.4, -0.2) is 14.2 Å². The second-order valence-corrected chi connectivity index (χ2v) is 6.75. The topological polar surface area (TPSA) is 75.0 Å². The van der Waals surface area contributed by atoms with Gasteiger partial charge in [-0.3, -0.25) is 4.79 Å².